The highest BCUT2D eigenvalue weighted by molar-refractivity contribution is 7.99. The molecule has 0 radical (unpaired) electrons. The summed E-state index contributed by atoms with van der Waals surface area (Å²) in [6, 6.07) is 19.6. The largest absolute Gasteiger partial charge is 0.465 e. The van der Waals surface area contributed by atoms with Gasteiger partial charge in [-0.1, -0.05) is 53.9 Å². The van der Waals surface area contributed by atoms with Gasteiger partial charge in [-0.05, 0) is 111 Å². The lowest BCUT2D eigenvalue weighted by Gasteiger charge is -2.27. The molecule has 5 N–H and O–H groups in total. The summed E-state index contributed by atoms with van der Waals surface area (Å²) in [5, 5.41) is 19.2. The monoisotopic (exact) mass is 1140 g/mol. The number of aromatic nitrogens is 10. The first-order valence-electron chi connectivity index (χ1n) is 24.7. The first kappa shape index (κ1) is 51.9. The summed E-state index contributed by atoms with van der Waals surface area (Å²) in [5.41, 5.74) is 9.15. The number of imidazole rings is 2. The number of carbonyl (C=O) groups is 1. The third-order valence-electron chi connectivity index (χ3n) is 15.5. The van der Waals surface area contributed by atoms with Crippen LogP contribution in [-0.2, 0) is 29.7 Å². The number of H-pyrrole nitrogens is 2. The number of carboxylic acid groups (broad SMARTS) is 1. The van der Waals surface area contributed by atoms with Gasteiger partial charge in [-0.3, -0.25) is 9.97 Å². The zero-order valence-corrected chi connectivity index (χ0v) is 44.2. The summed E-state index contributed by atoms with van der Waals surface area (Å²) in [6.07, 6.45) is -3.08. The number of benzene rings is 1. The maximum Gasteiger partial charge on any atom is 0.434 e. The second-order valence-electron chi connectivity index (χ2n) is 19.6. The number of halogens is 6. The lowest BCUT2D eigenvalue weighted by atomic mass is 9.92. The minimum absolute atomic E-state index is 0.0261. The number of piperidine rings is 2. The van der Waals surface area contributed by atoms with E-state index in [-0.39, 0.29) is 31.6 Å². The molecular formula is C52H46F6N14O2S4. The smallest absolute Gasteiger partial charge is 0.434 e. The third-order valence-corrected chi connectivity index (χ3v) is 18.8. The highest BCUT2D eigenvalue weighted by Crippen LogP contribution is 2.65. The van der Waals surface area contributed by atoms with Crippen molar-refractivity contribution in [2.75, 3.05) is 49.1 Å². The van der Waals surface area contributed by atoms with E-state index in [0.717, 1.165) is 67.4 Å². The molecule has 4 aliphatic rings. The number of nitrogens with zero attached hydrogens (tertiary/aromatic N) is 11. The van der Waals surface area contributed by atoms with Crippen molar-refractivity contribution in [1.82, 2.24) is 54.7 Å². The number of anilines is 2. The van der Waals surface area contributed by atoms with Crippen molar-refractivity contribution in [2.45, 2.75) is 62.4 Å². The van der Waals surface area contributed by atoms with E-state index in [1.165, 1.54) is 52.7 Å². The number of fused-ring (bicyclic) bond motifs is 4. The van der Waals surface area contributed by atoms with E-state index in [4.69, 9.17) is 5.73 Å². The Bertz CT molecular complexity index is 3610. The van der Waals surface area contributed by atoms with Crippen molar-refractivity contribution in [1.29, 1.82) is 0 Å². The fraction of sp³-hybridized carbons (Fsp3) is 0.327. The summed E-state index contributed by atoms with van der Waals surface area (Å²) in [4.78, 5) is 58.5. The summed E-state index contributed by atoms with van der Waals surface area (Å²) in [5.74, 6) is 2.85. The molecule has 9 aromatic rings. The Hall–Kier alpha value is -6.87. The second-order valence-corrected chi connectivity index (χ2v) is 23.3. The lowest BCUT2D eigenvalue weighted by molar-refractivity contribution is -0.144. The van der Waals surface area contributed by atoms with Gasteiger partial charge in [-0.25, -0.2) is 24.7 Å². The van der Waals surface area contributed by atoms with Crippen LogP contribution in [-0.4, -0.2) is 105 Å². The molecule has 78 heavy (non-hydrogen) atoms. The summed E-state index contributed by atoms with van der Waals surface area (Å²) in [7, 11) is 0. The van der Waals surface area contributed by atoms with E-state index in [1.807, 2.05) is 35.7 Å². The van der Waals surface area contributed by atoms with Crippen LogP contribution >= 0.6 is 46.2 Å². The molecule has 13 rings (SSSR count). The first-order chi connectivity index (χ1) is 37.6. The first-order valence-corrected chi connectivity index (χ1v) is 28.3. The van der Waals surface area contributed by atoms with Crippen LogP contribution in [0.2, 0.25) is 0 Å². The van der Waals surface area contributed by atoms with Crippen LogP contribution in [0.4, 0.5) is 43.0 Å². The third kappa shape index (κ3) is 9.78. The molecule has 2 saturated carbocycles. The lowest BCUT2D eigenvalue weighted by Crippen LogP contribution is -2.38. The molecule has 0 bridgehead atoms. The van der Waals surface area contributed by atoms with E-state index in [9.17, 15) is 36.2 Å². The number of hydrogen-bond donors (Lipinski definition) is 4. The number of alkyl halides is 6. The molecule has 10 heterocycles. The molecule has 0 spiro atoms. The summed E-state index contributed by atoms with van der Waals surface area (Å²) < 4.78 is 80.1. The fourth-order valence-corrected chi connectivity index (χ4v) is 15.1. The van der Waals surface area contributed by atoms with Crippen molar-refractivity contribution >= 4 is 86.8 Å². The average molecular weight is 1140 g/mol. The molecule has 2 aliphatic heterocycles. The predicted molar refractivity (Wildman–Crippen MR) is 284 cm³/mol. The number of nitrogens with one attached hydrogen (secondary N) is 2. The molecule has 4 fully saturated rings. The van der Waals surface area contributed by atoms with Crippen molar-refractivity contribution in [3.05, 3.63) is 141 Å². The normalized spacial score (nSPS) is 22.7. The van der Waals surface area contributed by atoms with Crippen molar-refractivity contribution in [3.63, 3.8) is 0 Å². The zero-order valence-electron chi connectivity index (χ0n) is 40.9. The van der Waals surface area contributed by atoms with Crippen LogP contribution in [0.15, 0.2) is 133 Å². The van der Waals surface area contributed by atoms with E-state index >= 15 is 0 Å². The van der Waals surface area contributed by atoms with Crippen molar-refractivity contribution in [2.24, 2.45) is 29.4 Å². The van der Waals surface area contributed by atoms with Gasteiger partial charge in [0.05, 0.1) is 12.4 Å². The van der Waals surface area contributed by atoms with Crippen LogP contribution in [0.3, 0.4) is 0 Å². The number of thiophene rings is 2. The topological polar surface area (TPSA) is 208 Å². The number of pyridine rings is 2. The second kappa shape index (κ2) is 20.4. The molecular weight excluding hydrogens is 1090 g/mol. The molecule has 2 aliphatic carbocycles. The molecule has 402 valence electrons. The molecule has 6 atom stereocenters. The Morgan fingerprint density at radius 3 is 1.65 bits per heavy atom. The van der Waals surface area contributed by atoms with Gasteiger partial charge in [0.1, 0.15) is 10.1 Å². The maximum atomic E-state index is 13.4. The quantitative estimate of drug-likeness (QED) is 0.0792. The zero-order chi connectivity index (χ0) is 54.0. The van der Waals surface area contributed by atoms with Crippen LogP contribution in [0.1, 0.15) is 40.9 Å². The van der Waals surface area contributed by atoms with Gasteiger partial charge in [0.25, 0.3) is 0 Å². The van der Waals surface area contributed by atoms with E-state index in [0.29, 0.717) is 90.0 Å². The molecule has 2 saturated heterocycles. The highest BCUT2D eigenvalue weighted by atomic mass is 32.2. The summed E-state index contributed by atoms with van der Waals surface area (Å²) in [6.45, 7) is 4.41. The number of rotatable bonds is 13. The van der Waals surface area contributed by atoms with Gasteiger partial charge in [0.15, 0.2) is 34.0 Å². The van der Waals surface area contributed by atoms with Crippen LogP contribution in [0, 0.1) is 23.7 Å². The van der Waals surface area contributed by atoms with Gasteiger partial charge >= 0.3 is 18.4 Å². The number of hydrogen-bond acceptors (Lipinski definition) is 16. The molecule has 1 aromatic carbocycles. The van der Waals surface area contributed by atoms with Gasteiger partial charge in [-0.2, -0.15) is 59.0 Å². The highest BCUT2D eigenvalue weighted by Gasteiger charge is 2.68. The summed E-state index contributed by atoms with van der Waals surface area (Å²) >= 11 is 5.02. The van der Waals surface area contributed by atoms with Crippen molar-refractivity contribution in [3.8, 4) is 0 Å². The van der Waals surface area contributed by atoms with Crippen molar-refractivity contribution < 1.29 is 36.2 Å². The number of amides is 1. The Labute approximate surface area is 457 Å². The maximum absolute atomic E-state index is 13.4. The number of aromatic amines is 2. The molecule has 1 amide bonds. The Morgan fingerprint density at radius 2 is 1.18 bits per heavy atom. The molecule has 8 aromatic heterocycles. The van der Waals surface area contributed by atoms with Gasteiger partial charge in [-0.15, -0.1) is 0 Å². The standard InChI is InChI=1S/C30H26F3N7O2S2.C22H20F3N7S2/c31-30(32,33)24-22(7-4-10-34-24)44-23-13-35-25-26(36-23)38-27(37-25)39-11-8-20-21(15-39)29(20,19-9-12-43-16-19)17-40(28(41)42)14-18-5-2-1-3-6-18;23-22(24,25)17-15(2-1-5-27-17)34-16-8-28-18-19(29-16)31-20(30-18)32-6-3-13-14(9-32)21(13,11-26)12-4-7-33-10-12/h1-7,9-10,12-13,16,20-21H,8,11,14-15,17H2,(H,41,42)(H,35,36,37,38);1-2,4-5,7-8,10,13-14H,3,6,9,11,26H2,(H,28,29,30,31). The van der Waals surface area contributed by atoms with E-state index in [2.05, 4.69) is 87.9 Å². The molecule has 6 unspecified atom stereocenters. The van der Waals surface area contributed by atoms with Crippen LogP contribution < -0.4 is 15.5 Å². The Balaban J connectivity index is 0.000000161. The van der Waals surface area contributed by atoms with Crippen LogP contribution in [0.5, 0.6) is 0 Å². The predicted octanol–water partition coefficient (Wildman–Crippen LogP) is 10.9. The Morgan fingerprint density at radius 1 is 0.679 bits per heavy atom. The van der Waals surface area contributed by atoms with E-state index < -0.39 is 29.8 Å². The van der Waals surface area contributed by atoms with Gasteiger partial charge in [0.2, 0.25) is 11.9 Å². The van der Waals surface area contributed by atoms with Gasteiger partial charge < -0.3 is 35.5 Å². The minimum Gasteiger partial charge on any atom is -0.465 e. The SMILES string of the molecule is NCC1(c2ccsc2)C2CCN(c3nc4nc(Sc5cccnc5C(F)(F)F)cnc4[nH]3)CC21.O=C(O)N(Cc1ccccc1)CC1(c2ccsc2)C2CCN(c3nc4nc(Sc5cccnc5C(F)(F)F)cnc4[nH]3)CC21. The van der Waals surface area contributed by atoms with E-state index in [1.54, 1.807) is 22.7 Å². The fourth-order valence-electron chi connectivity index (χ4n) is 11.8. The molecule has 16 nitrogen and oxygen atoms in total. The minimum atomic E-state index is -4.59. The Kier molecular flexibility index (Phi) is 13.6. The van der Waals surface area contributed by atoms with Crippen LogP contribution in [0.25, 0.3) is 22.6 Å². The van der Waals surface area contributed by atoms with Gasteiger partial charge in [0, 0.05) is 78.8 Å². The number of nitrogens with two attached hydrogens (primary N) is 1. The molecule has 26 heteroatoms. The average Bonchev–Trinajstić information content (AvgIpc) is 3.88.